The van der Waals surface area contributed by atoms with Gasteiger partial charge in [-0.2, -0.15) is 0 Å². The fourth-order valence-corrected chi connectivity index (χ4v) is 4.25. The topological polar surface area (TPSA) is 47.2 Å². The molecule has 3 rings (SSSR count). The monoisotopic (exact) mass is 407 g/mol. The van der Waals surface area contributed by atoms with Crippen LogP contribution in [0.1, 0.15) is 11.8 Å². The molecule has 0 aliphatic rings. The summed E-state index contributed by atoms with van der Waals surface area (Å²) in [5.74, 6) is -0.0828. The number of likely N-dealkylation sites (N-methyl/N-ethyl adjacent to an activating group) is 1. The number of benzene rings is 1. The van der Waals surface area contributed by atoms with E-state index in [1.54, 1.807) is 32.4 Å². The number of hydrogen-bond acceptors (Lipinski definition) is 3. The van der Waals surface area contributed by atoms with Crippen molar-refractivity contribution in [3.8, 4) is 0 Å². The Morgan fingerprint density at radius 1 is 1.25 bits per heavy atom. The fraction of sp³-hybridized carbons (Fsp3) is 0.294. The predicted octanol–water partition coefficient (Wildman–Crippen LogP) is 3.31. The van der Waals surface area contributed by atoms with Gasteiger partial charge in [0.15, 0.2) is 0 Å². The highest BCUT2D eigenvalue weighted by molar-refractivity contribution is 9.10. The van der Waals surface area contributed by atoms with Crippen LogP contribution in [-0.4, -0.2) is 27.0 Å². The highest BCUT2D eigenvalue weighted by Gasteiger charge is 2.17. The molecule has 0 atom stereocenters. The van der Waals surface area contributed by atoms with Crippen LogP contribution < -0.4 is 5.69 Å². The van der Waals surface area contributed by atoms with E-state index in [2.05, 4.69) is 15.9 Å². The summed E-state index contributed by atoms with van der Waals surface area (Å²) in [6.07, 6.45) is 0. The van der Waals surface area contributed by atoms with Gasteiger partial charge < -0.3 is 4.90 Å². The van der Waals surface area contributed by atoms with Gasteiger partial charge in [0.25, 0.3) is 0 Å². The SMILES string of the molecule is CCn1c(=O)n(CC(=O)N(C)Cc2cc(Br)cs2)c2ccccc21. The van der Waals surface area contributed by atoms with E-state index in [9.17, 15) is 9.59 Å². The number of nitrogens with zero attached hydrogens (tertiary/aromatic N) is 3. The average molecular weight is 408 g/mol. The lowest BCUT2D eigenvalue weighted by Gasteiger charge is -2.16. The van der Waals surface area contributed by atoms with Crippen molar-refractivity contribution in [1.82, 2.24) is 14.0 Å². The normalized spacial score (nSPS) is 11.1. The van der Waals surface area contributed by atoms with Gasteiger partial charge in [0.2, 0.25) is 5.91 Å². The van der Waals surface area contributed by atoms with Gasteiger partial charge in [-0.15, -0.1) is 11.3 Å². The van der Waals surface area contributed by atoms with Gasteiger partial charge in [0, 0.05) is 28.3 Å². The van der Waals surface area contributed by atoms with Crippen molar-refractivity contribution in [2.24, 2.45) is 0 Å². The quantitative estimate of drug-likeness (QED) is 0.651. The number of aromatic nitrogens is 2. The Hall–Kier alpha value is -1.86. The Morgan fingerprint density at radius 3 is 2.50 bits per heavy atom. The lowest BCUT2D eigenvalue weighted by molar-refractivity contribution is -0.131. The number of thiophene rings is 1. The summed E-state index contributed by atoms with van der Waals surface area (Å²) >= 11 is 5.02. The van der Waals surface area contributed by atoms with E-state index in [1.807, 2.05) is 42.6 Å². The van der Waals surface area contributed by atoms with Crippen molar-refractivity contribution in [2.75, 3.05) is 7.05 Å². The van der Waals surface area contributed by atoms with Crippen LogP contribution in [0.15, 0.2) is 45.0 Å². The molecule has 3 aromatic rings. The van der Waals surface area contributed by atoms with Crippen LogP contribution in [0.25, 0.3) is 11.0 Å². The molecular formula is C17H18BrN3O2S. The molecule has 0 spiro atoms. The number of carbonyl (C=O) groups excluding carboxylic acids is 1. The minimum Gasteiger partial charge on any atom is -0.339 e. The van der Waals surface area contributed by atoms with Gasteiger partial charge in [-0.25, -0.2) is 4.79 Å². The van der Waals surface area contributed by atoms with Gasteiger partial charge in [-0.05, 0) is 41.1 Å². The molecule has 0 N–H and O–H groups in total. The Kier molecular flexibility index (Phi) is 4.91. The summed E-state index contributed by atoms with van der Waals surface area (Å²) < 4.78 is 4.27. The number of fused-ring (bicyclic) bond motifs is 1. The zero-order valence-corrected chi connectivity index (χ0v) is 15.9. The van der Waals surface area contributed by atoms with Gasteiger partial charge in [-0.1, -0.05) is 12.1 Å². The molecule has 1 aromatic carbocycles. The molecule has 0 saturated heterocycles. The number of para-hydroxylation sites is 2. The molecular weight excluding hydrogens is 390 g/mol. The second-order valence-electron chi connectivity index (χ2n) is 5.58. The first-order valence-electron chi connectivity index (χ1n) is 7.66. The number of hydrogen-bond donors (Lipinski definition) is 0. The molecule has 2 aromatic heterocycles. The Labute approximate surface area is 152 Å². The first-order chi connectivity index (χ1) is 11.5. The van der Waals surface area contributed by atoms with Gasteiger partial charge in [-0.3, -0.25) is 13.9 Å². The molecule has 2 heterocycles. The van der Waals surface area contributed by atoms with E-state index >= 15 is 0 Å². The molecule has 1 amide bonds. The standard InChI is InChI=1S/C17H18BrN3O2S/c1-3-20-14-6-4-5-7-15(14)21(17(20)23)10-16(22)19(2)9-13-8-12(18)11-24-13/h4-8,11H,3,9-10H2,1-2H3. The van der Waals surface area contributed by atoms with Gasteiger partial charge in [0.1, 0.15) is 6.54 Å². The van der Waals surface area contributed by atoms with Crippen LogP contribution in [0, 0.1) is 0 Å². The summed E-state index contributed by atoms with van der Waals surface area (Å²) in [6, 6.07) is 9.58. The van der Waals surface area contributed by atoms with Crippen LogP contribution >= 0.6 is 27.3 Å². The molecule has 0 unspecified atom stereocenters. The average Bonchev–Trinajstić information content (AvgIpc) is 3.09. The van der Waals surface area contributed by atoms with E-state index in [0.29, 0.717) is 13.1 Å². The van der Waals surface area contributed by atoms with Crippen molar-refractivity contribution in [3.63, 3.8) is 0 Å². The van der Waals surface area contributed by atoms with Crippen molar-refractivity contribution < 1.29 is 4.79 Å². The Morgan fingerprint density at radius 2 is 1.92 bits per heavy atom. The Balaban J connectivity index is 1.85. The summed E-state index contributed by atoms with van der Waals surface area (Å²) in [5.41, 5.74) is 1.52. The molecule has 0 bridgehead atoms. The minimum atomic E-state index is -0.140. The smallest absolute Gasteiger partial charge is 0.329 e. The number of amides is 1. The van der Waals surface area contributed by atoms with Crippen molar-refractivity contribution in [2.45, 2.75) is 26.6 Å². The van der Waals surface area contributed by atoms with Gasteiger partial charge in [0.05, 0.1) is 17.6 Å². The molecule has 0 saturated carbocycles. The molecule has 126 valence electrons. The minimum absolute atomic E-state index is 0.0510. The number of halogens is 1. The maximum absolute atomic E-state index is 12.6. The van der Waals surface area contributed by atoms with E-state index in [-0.39, 0.29) is 18.1 Å². The van der Waals surface area contributed by atoms with E-state index in [4.69, 9.17) is 0 Å². The maximum atomic E-state index is 12.6. The van der Waals surface area contributed by atoms with Crippen LogP contribution in [0.4, 0.5) is 0 Å². The predicted molar refractivity (Wildman–Crippen MR) is 100 cm³/mol. The molecule has 5 nitrogen and oxygen atoms in total. The number of imidazole rings is 1. The number of carbonyl (C=O) groups is 1. The third-order valence-electron chi connectivity index (χ3n) is 3.98. The van der Waals surface area contributed by atoms with Crippen LogP contribution in [0.2, 0.25) is 0 Å². The second kappa shape index (κ2) is 6.94. The molecule has 0 aliphatic heterocycles. The summed E-state index contributed by atoms with van der Waals surface area (Å²) in [7, 11) is 1.76. The van der Waals surface area contributed by atoms with Crippen LogP contribution in [-0.2, 0) is 24.4 Å². The zero-order chi connectivity index (χ0) is 17.3. The van der Waals surface area contributed by atoms with E-state index in [0.717, 1.165) is 20.4 Å². The van der Waals surface area contributed by atoms with Crippen LogP contribution in [0.3, 0.4) is 0 Å². The third kappa shape index (κ3) is 3.18. The van der Waals surface area contributed by atoms with E-state index < -0.39 is 0 Å². The maximum Gasteiger partial charge on any atom is 0.329 e. The molecule has 0 aliphatic carbocycles. The largest absolute Gasteiger partial charge is 0.339 e. The first kappa shape index (κ1) is 17.0. The van der Waals surface area contributed by atoms with Crippen molar-refractivity contribution in [3.05, 3.63) is 55.5 Å². The van der Waals surface area contributed by atoms with Crippen molar-refractivity contribution in [1.29, 1.82) is 0 Å². The first-order valence-corrected chi connectivity index (χ1v) is 9.33. The lowest BCUT2D eigenvalue weighted by Crippen LogP contribution is -2.34. The number of aryl methyl sites for hydroxylation is 1. The Bertz CT molecular complexity index is 941. The summed E-state index contributed by atoms with van der Waals surface area (Å²) in [6.45, 7) is 3.10. The zero-order valence-electron chi connectivity index (χ0n) is 13.5. The third-order valence-corrected chi connectivity index (χ3v) is 5.66. The summed E-state index contributed by atoms with van der Waals surface area (Å²) in [5, 5.41) is 1.99. The van der Waals surface area contributed by atoms with Gasteiger partial charge >= 0.3 is 5.69 Å². The highest BCUT2D eigenvalue weighted by atomic mass is 79.9. The molecule has 7 heteroatoms. The summed E-state index contributed by atoms with van der Waals surface area (Å²) in [4.78, 5) is 27.9. The molecule has 0 fully saturated rings. The second-order valence-corrected chi connectivity index (χ2v) is 7.49. The number of rotatable bonds is 5. The highest BCUT2D eigenvalue weighted by Crippen LogP contribution is 2.21. The molecule has 24 heavy (non-hydrogen) atoms. The van der Waals surface area contributed by atoms with E-state index in [1.165, 1.54) is 0 Å². The fourth-order valence-electron chi connectivity index (χ4n) is 2.75. The molecule has 0 radical (unpaired) electrons. The van der Waals surface area contributed by atoms with Crippen molar-refractivity contribution >= 4 is 44.2 Å². The lowest BCUT2D eigenvalue weighted by atomic mass is 10.3. The van der Waals surface area contributed by atoms with Crippen LogP contribution in [0.5, 0.6) is 0 Å².